The molecule has 32 heavy (non-hydrogen) atoms. The molecule has 0 saturated heterocycles. The Bertz CT molecular complexity index is 1050. The minimum absolute atomic E-state index is 0.711. The van der Waals surface area contributed by atoms with Gasteiger partial charge < -0.3 is 4.90 Å². The Kier molecular flexibility index (Phi) is 7.15. The highest BCUT2D eigenvalue weighted by Crippen LogP contribution is 2.36. The summed E-state index contributed by atoms with van der Waals surface area (Å²) >= 11 is 0. The molecule has 1 saturated carbocycles. The molecule has 0 radical (unpaired) electrons. The molecule has 0 aromatic heterocycles. The maximum atomic E-state index is 4.20. The second kappa shape index (κ2) is 10.2. The van der Waals surface area contributed by atoms with Crippen LogP contribution in [0.25, 0.3) is 11.1 Å². The molecular weight excluding hydrogens is 386 g/mol. The molecule has 0 amide bonds. The highest BCUT2D eigenvalue weighted by Gasteiger charge is 2.17. The molecule has 0 bridgehead atoms. The van der Waals surface area contributed by atoms with E-state index in [0.29, 0.717) is 5.92 Å². The maximum absolute atomic E-state index is 4.20. The molecule has 1 heteroatoms. The Morgan fingerprint density at radius 1 is 0.812 bits per heavy atom. The van der Waals surface area contributed by atoms with Gasteiger partial charge in [0.05, 0.1) is 0 Å². The number of aryl methyl sites for hydroxylation is 1. The lowest BCUT2D eigenvalue weighted by molar-refractivity contribution is 0.443. The van der Waals surface area contributed by atoms with Crippen molar-refractivity contribution in [2.24, 2.45) is 0 Å². The van der Waals surface area contributed by atoms with Crippen LogP contribution in [0, 0.1) is 6.92 Å². The van der Waals surface area contributed by atoms with E-state index < -0.39 is 0 Å². The number of hydrogen-bond donors (Lipinski definition) is 0. The van der Waals surface area contributed by atoms with Crippen LogP contribution in [0.3, 0.4) is 0 Å². The van der Waals surface area contributed by atoms with E-state index in [2.05, 4.69) is 99.2 Å². The van der Waals surface area contributed by atoms with Crippen LogP contribution in [0.5, 0.6) is 0 Å². The van der Waals surface area contributed by atoms with Crippen molar-refractivity contribution in [1.82, 2.24) is 4.90 Å². The molecule has 0 unspecified atom stereocenters. The van der Waals surface area contributed by atoms with Crippen molar-refractivity contribution in [2.45, 2.75) is 57.8 Å². The second-order valence-corrected chi connectivity index (χ2v) is 9.80. The maximum Gasteiger partial charge on any atom is 0.0119 e. The van der Waals surface area contributed by atoms with Crippen LogP contribution < -0.4 is 0 Å². The van der Waals surface area contributed by atoms with Crippen molar-refractivity contribution in [3.63, 3.8) is 0 Å². The summed E-state index contributed by atoms with van der Waals surface area (Å²) in [5, 5.41) is 0. The second-order valence-electron chi connectivity index (χ2n) is 9.80. The molecule has 4 rings (SSSR count). The first-order valence-corrected chi connectivity index (χ1v) is 12.1. The van der Waals surface area contributed by atoms with Crippen LogP contribution in [-0.4, -0.2) is 19.0 Å². The lowest BCUT2D eigenvalue weighted by Gasteiger charge is -2.23. The molecule has 1 aliphatic carbocycles. The van der Waals surface area contributed by atoms with Gasteiger partial charge in [0.2, 0.25) is 0 Å². The van der Waals surface area contributed by atoms with Gasteiger partial charge in [0.25, 0.3) is 0 Å². The fraction of sp³-hybridized carbons (Fsp3) is 0.355. The van der Waals surface area contributed by atoms with E-state index in [-0.39, 0.29) is 0 Å². The number of nitrogens with zero attached hydrogens (tertiary/aromatic N) is 1. The van der Waals surface area contributed by atoms with Crippen molar-refractivity contribution in [1.29, 1.82) is 0 Å². The number of likely N-dealkylation sites (N-methyl/N-ethyl adjacent to an activating group) is 1. The molecule has 1 fully saturated rings. The van der Waals surface area contributed by atoms with Crippen molar-refractivity contribution in [2.75, 3.05) is 14.1 Å². The van der Waals surface area contributed by atoms with Gasteiger partial charge in [-0.25, -0.2) is 0 Å². The van der Waals surface area contributed by atoms with Gasteiger partial charge in [-0.15, -0.1) is 0 Å². The molecule has 1 aliphatic rings. The van der Waals surface area contributed by atoms with Gasteiger partial charge >= 0.3 is 0 Å². The zero-order valence-electron chi connectivity index (χ0n) is 20.0. The Balaban J connectivity index is 1.64. The summed E-state index contributed by atoms with van der Waals surface area (Å²) in [6.45, 7) is 6.36. The Morgan fingerprint density at radius 2 is 1.53 bits per heavy atom. The quantitative estimate of drug-likeness (QED) is 0.373. The van der Waals surface area contributed by atoms with E-state index in [1.807, 2.05) is 0 Å². The molecule has 0 aliphatic heterocycles. The Hall–Kier alpha value is -2.80. The van der Waals surface area contributed by atoms with Crippen LogP contribution in [0.4, 0.5) is 0 Å². The van der Waals surface area contributed by atoms with Crippen molar-refractivity contribution >= 4 is 0 Å². The van der Waals surface area contributed by atoms with Gasteiger partial charge in [-0.1, -0.05) is 98.1 Å². The normalized spacial score (nSPS) is 14.3. The minimum Gasteiger partial charge on any atom is -0.381 e. The Labute approximate surface area is 194 Å². The first-order valence-electron chi connectivity index (χ1n) is 12.1. The van der Waals surface area contributed by atoms with E-state index in [1.54, 1.807) is 0 Å². The summed E-state index contributed by atoms with van der Waals surface area (Å²) in [7, 11) is 4.13. The average molecular weight is 424 g/mol. The van der Waals surface area contributed by atoms with Crippen LogP contribution in [0.2, 0.25) is 0 Å². The lowest BCUT2D eigenvalue weighted by Crippen LogP contribution is -2.12. The van der Waals surface area contributed by atoms with Gasteiger partial charge in [0, 0.05) is 26.2 Å². The molecule has 166 valence electrons. The van der Waals surface area contributed by atoms with Crippen LogP contribution >= 0.6 is 0 Å². The van der Waals surface area contributed by atoms with E-state index in [4.69, 9.17) is 0 Å². The number of hydrogen-bond acceptors (Lipinski definition) is 1. The molecular formula is C31H37N. The fourth-order valence-electron chi connectivity index (χ4n) is 4.88. The van der Waals surface area contributed by atoms with Crippen molar-refractivity contribution < 1.29 is 0 Å². The molecule has 3 aromatic carbocycles. The first kappa shape index (κ1) is 22.4. The standard InChI is InChI=1S/C31H37N/c1-23-13-15-29(16-14-23)31-21-27(20-30(22-31)28-11-6-5-7-12-28)19-26-10-8-9-25(18-26)17-24(2)32(3)4/h8-10,13-16,18,20-22,28H,2,5-7,11-12,17,19H2,1,3-4H3. The number of benzene rings is 3. The van der Waals surface area contributed by atoms with Gasteiger partial charge in [-0.05, 0) is 65.5 Å². The van der Waals surface area contributed by atoms with Crippen LogP contribution in [0.1, 0.15) is 65.8 Å². The monoisotopic (exact) mass is 423 g/mol. The topological polar surface area (TPSA) is 3.24 Å². The smallest absolute Gasteiger partial charge is 0.0119 e. The lowest BCUT2D eigenvalue weighted by atomic mass is 9.82. The summed E-state index contributed by atoms with van der Waals surface area (Å²) in [6.07, 6.45) is 8.67. The summed E-state index contributed by atoms with van der Waals surface area (Å²) in [6, 6.07) is 25.4. The van der Waals surface area contributed by atoms with E-state index in [1.165, 1.54) is 71.0 Å². The van der Waals surface area contributed by atoms with Crippen LogP contribution in [-0.2, 0) is 12.8 Å². The summed E-state index contributed by atoms with van der Waals surface area (Å²) < 4.78 is 0. The first-order chi connectivity index (χ1) is 15.5. The highest BCUT2D eigenvalue weighted by atomic mass is 15.1. The minimum atomic E-state index is 0.711. The summed E-state index contributed by atoms with van der Waals surface area (Å²) in [5.74, 6) is 0.711. The third-order valence-corrected chi connectivity index (χ3v) is 6.92. The predicted molar refractivity (Wildman–Crippen MR) is 138 cm³/mol. The van der Waals surface area contributed by atoms with E-state index >= 15 is 0 Å². The SMILES string of the molecule is C=C(Cc1cccc(Cc2cc(-c3ccc(C)cc3)cc(C3CCCCC3)c2)c1)N(C)C. The molecule has 3 aromatic rings. The molecule has 0 N–H and O–H groups in total. The number of allylic oxidation sites excluding steroid dienone is 1. The fourth-order valence-corrected chi connectivity index (χ4v) is 4.88. The average Bonchev–Trinajstić information content (AvgIpc) is 2.80. The van der Waals surface area contributed by atoms with Gasteiger partial charge in [0.15, 0.2) is 0 Å². The highest BCUT2D eigenvalue weighted by molar-refractivity contribution is 5.66. The molecule has 0 atom stereocenters. The van der Waals surface area contributed by atoms with Crippen LogP contribution in [0.15, 0.2) is 79.0 Å². The van der Waals surface area contributed by atoms with E-state index in [0.717, 1.165) is 18.5 Å². The van der Waals surface area contributed by atoms with Gasteiger partial charge in [-0.2, -0.15) is 0 Å². The molecule has 0 heterocycles. The van der Waals surface area contributed by atoms with Gasteiger partial charge in [0.1, 0.15) is 0 Å². The predicted octanol–water partition coefficient (Wildman–Crippen LogP) is 7.92. The largest absolute Gasteiger partial charge is 0.381 e. The third kappa shape index (κ3) is 5.71. The zero-order valence-corrected chi connectivity index (χ0v) is 20.0. The zero-order chi connectivity index (χ0) is 22.5. The van der Waals surface area contributed by atoms with E-state index in [9.17, 15) is 0 Å². The van der Waals surface area contributed by atoms with Crippen molar-refractivity contribution in [3.8, 4) is 11.1 Å². The Morgan fingerprint density at radius 3 is 2.25 bits per heavy atom. The molecule has 0 spiro atoms. The molecule has 1 nitrogen and oxygen atoms in total. The third-order valence-electron chi connectivity index (χ3n) is 6.92. The van der Waals surface area contributed by atoms with Gasteiger partial charge in [-0.3, -0.25) is 0 Å². The number of rotatable bonds is 7. The van der Waals surface area contributed by atoms with Crippen molar-refractivity contribution in [3.05, 3.63) is 107 Å². The summed E-state index contributed by atoms with van der Waals surface area (Å²) in [4.78, 5) is 2.11. The summed E-state index contributed by atoms with van der Waals surface area (Å²) in [5.41, 5.74) is 10.8.